The highest BCUT2D eigenvalue weighted by molar-refractivity contribution is 5.75. The summed E-state index contributed by atoms with van der Waals surface area (Å²) in [4.78, 5) is 12.3. The average molecular weight is 302 g/mol. The number of aliphatic hydroxyl groups is 1. The first-order chi connectivity index (χ1) is 9.83. The van der Waals surface area contributed by atoms with Crippen LogP contribution in [0.25, 0.3) is 11.0 Å². The number of aliphatic hydroxyl groups excluding tert-OH is 1. The number of rotatable bonds is 5. The fraction of sp³-hybridized carbons (Fsp3) is 0.500. The molecule has 1 heterocycles. The summed E-state index contributed by atoms with van der Waals surface area (Å²) in [5.74, 6) is 0. The second-order valence-corrected chi connectivity index (χ2v) is 5.01. The second kappa shape index (κ2) is 5.93. The maximum atomic E-state index is 12.3. The van der Waals surface area contributed by atoms with Gasteiger partial charge < -0.3 is 5.11 Å². The maximum Gasteiger partial charge on any atom is 0.391 e. The molecule has 1 aromatic heterocycles. The average Bonchev–Trinajstić information content (AvgIpc) is 2.63. The van der Waals surface area contributed by atoms with Crippen LogP contribution < -0.4 is 5.69 Å². The van der Waals surface area contributed by atoms with Crippen molar-refractivity contribution in [1.82, 2.24) is 9.13 Å². The number of alkyl halides is 3. The molecule has 1 N–H and O–H groups in total. The summed E-state index contributed by atoms with van der Waals surface area (Å²) in [7, 11) is 0. The zero-order valence-corrected chi connectivity index (χ0v) is 11.6. The second-order valence-electron chi connectivity index (χ2n) is 5.01. The molecule has 0 fully saturated rings. The zero-order valence-electron chi connectivity index (χ0n) is 11.6. The van der Waals surface area contributed by atoms with Crippen molar-refractivity contribution in [2.75, 3.05) is 0 Å². The molecule has 1 atom stereocenters. The van der Waals surface area contributed by atoms with Crippen LogP contribution in [0.2, 0.25) is 0 Å². The Morgan fingerprint density at radius 1 is 1.19 bits per heavy atom. The lowest BCUT2D eigenvalue weighted by molar-refractivity contribution is -0.154. The number of para-hydroxylation sites is 2. The molecule has 0 bridgehead atoms. The Kier molecular flexibility index (Phi) is 4.41. The van der Waals surface area contributed by atoms with Crippen molar-refractivity contribution in [3.63, 3.8) is 0 Å². The number of aryl methyl sites for hydroxylation is 1. The Bertz CT molecular complexity index is 673. The molecule has 4 nitrogen and oxygen atoms in total. The standard InChI is InChI=1S/C14H17F3N2O2/c1-2-7-18-11-5-3-4-6-12(11)19(13(18)21)9-10(20)8-14(15,16)17/h3-6,10,20H,2,7-9H2,1H3/t10-/m1/s1. The molecule has 0 aliphatic rings. The lowest BCUT2D eigenvalue weighted by atomic mass is 10.2. The topological polar surface area (TPSA) is 47.2 Å². The third-order valence-electron chi connectivity index (χ3n) is 3.23. The number of benzene rings is 1. The molecule has 1 aromatic carbocycles. The fourth-order valence-electron chi connectivity index (χ4n) is 2.43. The van der Waals surface area contributed by atoms with Crippen LogP contribution in [0.5, 0.6) is 0 Å². The molecule has 0 saturated heterocycles. The first-order valence-corrected chi connectivity index (χ1v) is 6.76. The van der Waals surface area contributed by atoms with Crippen molar-refractivity contribution < 1.29 is 18.3 Å². The third-order valence-corrected chi connectivity index (χ3v) is 3.23. The summed E-state index contributed by atoms with van der Waals surface area (Å²) in [6.07, 6.45) is -6.68. The maximum absolute atomic E-state index is 12.3. The van der Waals surface area contributed by atoms with Gasteiger partial charge in [-0.05, 0) is 18.6 Å². The molecule has 7 heteroatoms. The molecule has 0 spiro atoms. The van der Waals surface area contributed by atoms with E-state index in [-0.39, 0.29) is 12.2 Å². The van der Waals surface area contributed by atoms with E-state index >= 15 is 0 Å². The van der Waals surface area contributed by atoms with Gasteiger partial charge in [0, 0.05) is 6.54 Å². The molecule has 0 aliphatic heterocycles. The number of halogens is 3. The third kappa shape index (κ3) is 3.47. The van der Waals surface area contributed by atoms with Gasteiger partial charge in [-0.25, -0.2) is 4.79 Å². The van der Waals surface area contributed by atoms with Crippen molar-refractivity contribution >= 4 is 11.0 Å². The van der Waals surface area contributed by atoms with E-state index in [4.69, 9.17) is 0 Å². The number of hydrogen-bond donors (Lipinski definition) is 1. The molecule has 0 saturated carbocycles. The lowest BCUT2D eigenvalue weighted by Gasteiger charge is -2.13. The zero-order chi connectivity index (χ0) is 15.6. The van der Waals surface area contributed by atoms with E-state index in [0.29, 0.717) is 17.6 Å². The van der Waals surface area contributed by atoms with Gasteiger partial charge in [0.1, 0.15) is 0 Å². The minimum Gasteiger partial charge on any atom is -0.391 e. The van der Waals surface area contributed by atoms with E-state index in [9.17, 15) is 23.1 Å². The largest absolute Gasteiger partial charge is 0.391 e. The molecular formula is C14H17F3N2O2. The van der Waals surface area contributed by atoms with Gasteiger partial charge in [0.2, 0.25) is 0 Å². The number of hydrogen-bond acceptors (Lipinski definition) is 2. The van der Waals surface area contributed by atoms with Gasteiger partial charge in [-0.3, -0.25) is 9.13 Å². The van der Waals surface area contributed by atoms with Gasteiger partial charge in [0.15, 0.2) is 0 Å². The van der Waals surface area contributed by atoms with Crippen molar-refractivity contribution in [3.05, 3.63) is 34.7 Å². The first-order valence-electron chi connectivity index (χ1n) is 6.76. The van der Waals surface area contributed by atoms with Crippen LogP contribution in [0.15, 0.2) is 29.1 Å². The number of fused-ring (bicyclic) bond motifs is 1. The molecule has 0 unspecified atom stereocenters. The molecule has 0 radical (unpaired) electrons. The molecular weight excluding hydrogens is 285 g/mol. The molecule has 21 heavy (non-hydrogen) atoms. The minimum absolute atomic E-state index is 0.366. The van der Waals surface area contributed by atoms with Gasteiger partial charge in [-0.1, -0.05) is 19.1 Å². The minimum atomic E-state index is -4.45. The highest BCUT2D eigenvalue weighted by atomic mass is 19.4. The predicted molar refractivity (Wildman–Crippen MR) is 73.2 cm³/mol. The highest BCUT2D eigenvalue weighted by Gasteiger charge is 2.31. The van der Waals surface area contributed by atoms with Crippen molar-refractivity contribution in [2.45, 2.75) is 45.1 Å². The van der Waals surface area contributed by atoms with E-state index in [1.165, 1.54) is 9.13 Å². The van der Waals surface area contributed by atoms with Gasteiger partial charge in [0.25, 0.3) is 0 Å². The van der Waals surface area contributed by atoms with Gasteiger partial charge >= 0.3 is 11.9 Å². The monoisotopic (exact) mass is 302 g/mol. The summed E-state index contributed by atoms with van der Waals surface area (Å²) in [5, 5.41) is 9.57. The lowest BCUT2D eigenvalue weighted by Crippen LogP contribution is -2.31. The fourth-order valence-corrected chi connectivity index (χ4v) is 2.43. The number of imidazole rings is 1. The summed E-state index contributed by atoms with van der Waals surface area (Å²) in [5.41, 5.74) is 0.819. The summed E-state index contributed by atoms with van der Waals surface area (Å²) >= 11 is 0. The Hall–Kier alpha value is -1.76. The Labute approximate surface area is 119 Å². The number of nitrogens with zero attached hydrogens (tertiary/aromatic N) is 2. The van der Waals surface area contributed by atoms with Crippen LogP contribution in [0.4, 0.5) is 13.2 Å². The van der Waals surface area contributed by atoms with E-state index in [1.807, 2.05) is 6.92 Å². The Balaban J connectivity index is 2.40. The van der Waals surface area contributed by atoms with E-state index in [1.54, 1.807) is 24.3 Å². The Morgan fingerprint density at radius 3 is 2.29 bits per heavy atom. The molecule has 2 aromatic rings. The van der Waals surface area contributed by atoms with Crippen LogP contribution in [0, 0.1) is 0 Å². The van der Waals surface area contributed by atoms with Gasteiger partial charge in [-0.2, -0.15) is 13.2 Å². The van der Waals surface area contributed by atoms with Crippen molar-refractivity contribution in [3.8, 4) is 0 Å². The summed E-state index contributed by atoms with van der Waals surface area (Å²) < 4.78 is 39.6. The molecule has 0 aliphatic carbocycles. The summed E-state index contributed by atoms with van der Waals surface area (Å²) in [6.45, 7) is 2.04. The summed E-state index contributed by atoms with van der Waals surface area (Å²) in [6, 6.07) is 6.90. The van der Waals surface area contributed by atoms with Crippen LogP contribution in [0.1, 0.15) is 19.8 Å². The predicted octanol–water partition coefficient (Wildman–Crippen LogP) is 2.53. The van der Waals surface area contributed by atoms with Crippen LogP contribution in [-0.4, -0.2) is 26.5 Å². The van der Waals surface area contributed by atoms with Crippen LogP contribution in [-0.2, 0) is 13.1 Å². The van der Waals surface area contributed by atoms with E-state index in [2.05, 4.69) is 0 Å². The first kappa shape index (κ1) is 15.6. The van der Waals surface area contributed by atoms with E-state index < -0.39 is 18.7 Å². The SMILES string of the molecule is CCCn1c(=O)n(C[C@H](O)CC(F)(F)F)c2ccccc21. The van der Waals surface area contributed by atoms with Gasteiger partial charge in [-0.15, -0.1) is 0 Å². The van der Waals surface area contributed by atoms with Gasteiger partial charge in [0.05, 0.1) is 30.1 Å². The van der Waals surface area contributed by atoms with Crippen LogP contribution in [0.3, 0.4) is 0 Å². The number of aromatic nitrogens is 2. The Morgan fingerprint density at radius 2 is 1.76 bits per heavy atom. The van der Waals surface area contributed by atoms with E-state index in [0.717, 1.165) is 6.42 Å². The molecule has 2 rings (SSSR count). The smallest absolute Gasteiger partial charge is 0.391 e. The van der Waals surface area contributed by atoms with Crippen LogP contribution >= 0.6 is 0 Å². The normalized spacial score (nSPS) is 13.8. The van der Waals surface area contributed by atoms with Crippen molar-refractivity contribution in [1.29, 1.82) is 0 Å². The molecule has 0 amide bonds. The quantitative estimate of drug-likeness (QED) is 0.922. The molecule has 116 valence electrons. The highest BCUT2D eigenvalue weighted by Crippen LogP contribution is 2.22. The van der Waals surface area contributed by atoms with Crippen molar-refractivity contribution in [2.24, 2.45) is 0 Å².